The van der Waals surface area contributed by atoms with Gasteiger partial charge in [-0.3, -0.25) is 4.79 Å². The maximum absolute atomic E-state index is 13.0. The van der Waals surface area contributed by atoms with Crippen molar-refractivity contribution in [2.75, 3.05) is 0 Å². The minimum Gasteiger partial charge on any atom is -0.461 e. The first kappa shape index (κ1) is 11.8. The second-order valence-electron chi connectivity index (χ2n) is 4.52. The van der Waals surface area contributed by atoms with Crippen molar-refractivity contribution in [3.63, 3.8) is 0 Å². The summed E-state index contributed by atoms with van der Waals surface area (Å²) in [6, 6.07) is 6.21. The Balaban J connectivity index is 2.12. The number of carbonyl (C=O) groups excluding carboxylic acids is 1. The van der Waals surface area contributed by atoms with Crippen LogP contribution in [0.1, 0.15) is 26.0 Å². The molecule has 0 fully saturated rings. The highest BCUT2D eigenvalue weighted by molar-refractivity contribution is 5.81. The number of furan rings is 1. The molecule has 0 saturated heterocycles. The monoisotopic (exact) mass is 234 g/mol. The van der Waals surface area contributed by atoms with E-state index in [0.717, 1.165) is 11.1 Å². The van der Waals surface area contributed by atoms with E-state index in [2.05, 4.69) is 0 Å². The van der Waals surface area contributed by atoms with Gasteiger partial charge in [0.05, 0.1) is 0 Å². The number of rotatable bonds is 4. The third kappa shape index (κ3) is 2.73. The van der Waals surface area contributed by atoms with Crippen LogP contribution in [0.5, 0.6) is 0 Å². The predicted molar refractivity (Wildman–Crippen MR) is 64.3 cm³/mol. The van der Waals surface area contributed by atoms with Crippen LogP contribution in [-0.2, 0) is 11.2 Å². The fourth-order valence-electron chi connectivity index (χ4n) is 1.73. The lowest BCUT2D eigenvalue weighted by Crippen LogP contribution is -2.07. The summed E-state index contributed by atoms with van der Waals surface area (Å²) < 4.78 is 18.5. The van der Waals surface area contributed by atoms with E-state index in [9.17, 15) is 9.18 Å². The lowest BCUT2D eigenvalue weighted by Gasteiger charge is -2.01. The number of Topliss-reactive ketones (excluding diaryl/α,β-unsaturated/α-hetero) is 1. The van der Waals surface area contributed by atoms with E-state index in [-0.39, 0.29) is 17.5 Å². The van der Waals surface area contributed by atoms with Crippen molar-refractivity contribution in [3.8, 4) is 0 Å². The molecule has 0 atom stereocenters. The lowest BCUT2D eigenvalue weighted by atomic mass is 10.0. The van der Waals surface area contributed by atoms with Gasteiger partial charge in [0.15, 0.2) is 0 Å². The van der Waals surface area contributed by atoms with E-state index in [1.54, 1.807) is 12.1 Å². The zero-order chi connectivity index (χ0) is 12.4. The Hall–Kier alpha value is -1.64. The molecule has 1 aromatic carbocycles. The van der Waals surface area contributed by atoms with E-state index < -0.39 is 0 Å². The van der Waals surface area contributed by atoms with Crippen LogP contribution < -0.4 is 0 Å². The van der Waals surface area contributed by atoms with Crippen molar-refractivity contribution in [2.45, 2.75) is 26.7 Å². The number of ketones is 1. The minimum absolute atomic E-state index is 0.0526. The van der Waals surface area contributed by atoms with Gasteiger partial charge in [-0.15, -0.1) is 0 Å². The molecular weight excluding hydrogens is 219 g/mol. The topological polar surface area (TPSA) is 30.2 Å². The number of fused-ring (bicyclic) bond motifs is 1. The molecule has 3 heteroatoms. The fraction of sp³-hybridized carbons (Fsp3) is 0.357. The molecule has 0 spiro atoms. The van der Waals surface area contributed by atoms with Gasteiger partial charge < -0.3 is 4.42 Å². The molecule has 90 valence electrons. The molecule has 2 nitrogen and oxygen atoms in total. The molecule has 0 aliphatic carbocycles. The minimum atomic E-state index is -0.275. The predicted octanol–water partition coefficient (Wildman–Crippen LogP) is 3.73. The molecule has 2 rings (SSSR count). The molecule has 0 bridgehead atoms. The van der Waals surface area contributed by atoms with Crippen molar-refractivity contribution in [2.24, 2.45) is 5.92 Å². The first-order valence-electron chi connectivity index (χ1n) is 5.77. The van der Waals surface area contributed by atoms with Crippen LogP contribution in [0.25, 0.3) is 11.0 Å². The summed E-state index contributed by atoms with van der Waals surface area (Å²) in [6.45, 7) is 3.77. The summed E-state index contributed by atoms with van der Waals surface area (Å²) in [4.78, 5) is 11.5. The number of halogens is 1. The molecule has 1 heterocycles. The quantitative estimate of drug-likeness (QED) is 0.806. The zero-order valence-corrected chi connectivity index (χ0v) is 10.00. The Morgan fingerprint density at radius 2 is 2.12 bits per heavy atom. The normalized spacial score (nSPS) is 11.3. The molecule has 0 amide bonds. The van der Waals surface area contributed by atoms with Gasteiger partial charge in [0.1, 0.15) is 22.9 Å². The first-order chi connectivity index (χ1) is 8.06. The Labute approximate surface area is 99.4 Å². The molecule has 2 aromatic rings. The van der Waals surface area contributed by atoms with Gasteiger partial charge in [-0.25, -0.2) is 4.39 Å². The second-order valence-corrected chi connectivity index (χ2v) is 4.52. The van der Waals surface area contributed by atoms with Crippen molar-refractivity contribution in [1.82, 2.24) is 0 Å². The van der Waals surface area contributed by atoms with Crippen molar-refractivity contribution in [3.05, 3.63) is 35.8 Å². The number of aryl methyl sites for hydroxylation is 1. The zero-order valence-electron chi connectivity index (χ0n) is 10.00. The van der Waals surface area contributed by atoms with Crippen LogP contribution in [0.15, 0.2) is 28.7 Å². The molecule has 0 aliphatic heterocycles. The van der Waals surface area contributed by atoms with Crippen LogP contribution in [0.4, 0.5) is 4.39 Å². The highest BCUT2D eigenvalue weighted by Crippen LogP contribution is 2.21. The largest absolute Gasteiger partial charge is 0.461 e. The average Bonchev–Trinajstić information content (AvgIpc) is 2.67. The fourth-order valence-corrected chi connectivity index (χ4v) is 1.73. The second kappa shape index (κ2) is 4.70. The van der Waals surface area contributed by atoms with Crippen LogP contribution in [0, 0.1) is 11.7 Å². The van der Waals surface area contributed by atoms with E-state index in [0.29, 0.717) is 18.4 Å². The number of benzene rings is 1. The van der Waals surface area contributed by atoms with Gasteiger partial charge in [-0.1, -0.05) is 13.8 Å². The van der Waals surface area contributed by atoms with Gasteiger partial charge in [0.2, 0.25) is 0 Å². The average molecular weight is 234 g/mol. The Bertz CT molecular complexity index is 540. The van der Waals surface area contributed by atoms with E-state index in [1.807, 2.05) is 13.8 Å². The maximum atomic E-state index is 13.0. The molecule has 0 unspecified atom stereocenters. The number of hydrogen-bond donors (Lipinski definition) is 0. The van der Waals surface area contributed by atoms with Crippen molar-refractivity contribution >= 4 is 16.8 Å². The SMILES string of the molecule is CC(C)C(=O)CCc1cc2cc(F)ccc2o1. The summed E-state index contributed by atoms with van der Waals surface area (Å²) in [7, 11) is 0. The Morgan fingerprint density at radius 3 is 2.82 bits per heavy atom. The van der Waals surface area contributed by atoms with Crippen molar-refractivity contribution in [1.29, 1.82) is 0 Å². The van der Waals surface area contributed by atoms with Gasteiger partial charge in [0.25, 0.3) is 0 Å². The van der Waals surface area contributed by atoms with Gasteiger partial charge >= 0.3 is 0 Å². The number of hydrogen-bond acceptors (Lipinski definition) is 2. The van der Waals surface area contributed by atoms with E-state index in [1.165, 1.54) is 12.1 Å². The van der Waals surface area contributed by atoms with Gasteiger partial charge in [-0.2, -0.15) is 0 Å². The van der Waals surface area contributed by atoms with Crippen LogP contribution in [0.3, 0.4) is 0 Å². The van der Waals surface area contributed by atoms with Crippen LogP contribution in [-0.4, -0.2) is 5.78 Å². The van der Waals surface area contributed by atoms with Crippen LogP contribution in [0.2, 0.25) is 0 Å². The Morgan fingerprint density at radius 1 is 1.35 bits per heavy atom. The molecule has 0 saturated carbocycles. The summed E-state index contributed by atoms with van der Waals surface area (Å²) in [5.74, 6) is 0.733. The summed E-state index contributed by atoms with van der Waals surface area (Å²) in [5, 5.41) is 0.747. The van der Waals surface area contributed by atoms with Gasteiger partial charge in [-0.05, 0) is 24.3 Å². The standard InChI is InChI=1S/C14H15FO2/c1-9(2)13(16)5-4-12-8-10-7-11(15)3-6-14(10)17-12/h3,6-9H,4-5H2,1-2H3. The summed E-state index contributed by atoms with van der Waals surface area (Å²) in [6.07, 6.45) is 1.05. The first-order valence-corrected chi connectivity index (χ1v) is 5.77. The van der Waals surface area contributed by atoms with E-state index in [4.69, 9.17) is 4.42 Å². The molecule has 0 N–H and O–H groups in total. The number of carbonyl (C=O) groups is 1. The highest BCUT2D eigenvalue weighted by atomic mass is 19.1. The Kier molecular flexibility index (Phi) is 3.27. The lowest BCUT2D eigenvalue weighted by molar-refractivity contribution is -0.121. The smallest absolute Gasteiger partial charge is 0.135 e. The molecule has 1 aromatic heterocycles. The van der Waals surface area contributed by atoms with Crippen molar-refractivity contribution < 1.29 is 13.6 Å². The molecule has 17 heavy (non-hydrogen) atoms. The molecular formula is C14H15FO2. The van der Waals surface area contributed by atoms with Gasteiger partial charge in [0, 0.05) is 24.1 Å². The molecule has 0 radical (unpaired) electrons. The summed E-state index contributed by atoms with van der Waals surface area (Å²) >= 11 is 0. The maximum Gasteiger partial charge on any atom is 0.135 e. The third-order valence-corrected chi connectivity index (χ3v) is 2.79. The third-order valence-electron chi connectivity index (χ3n) is 2.79. The van der Waals surface area contributed by atoms with Crippen LogP contribution >= 0.6 is 0 Å². The molecule has 0 aliphatic rings. The van der Waals surface area contributed by atoms with E-state index >= 15 is 0 Å². The summed E-state index contributed by atoms with van der Waals surface area (Å²) in [5.41, 5.74) is 0.665. The highest BCUT2D eigenvalue weighted by Gasteiger charge is 2.10.